The van der Waals surface area contributed by atoms with Crippen molar-refractivity contribution in [1.82, 2.24) is 0 Å². The molecule has 3 rings (SSSR count). The average Bonchev–Trinajstić information content (AvgIpc) is 2.76. The summed E-state index contributed by atoms with van der Waals surface area (Å²) in [5.74, 6) is 0.123. The van der Waals surface area contributed by atoms with Gasteiger partial charge in [0.05, 0.1) is 10.6 Å². The molecular weight excluding hydrogens is 260 g/mol. The van der Waals surface area contributed by atoms with E-state index in [0.29, 0.717) is 16.5 Å². The fourth-order valence-electron chi connectivity index (χ4n) is 3.07. The molecule has 1 fully saturated rings. The lowest BCUT2D eigenvalue weighted by molar-refractivity contribution is -0.140. The normalized spacial score (nSPS) is 24.7. The first-order valence-electron chi connectivity index (χ1n) is 6.93. The predicted molar refractivity (Wildman–Crippen MR) is 75.7 cm³/mol. The molecule has 0 saturated heterocycles. The molecule has 3 heteroatoms. The highest BCUT2D eigenvalue weighted by Crippen LogP contribution is 2.40. The number of esters is 1. The second kappa shape index (κ2) is 5.38. The van der Waals surface area contributed by atoms with Gasteiger partial charge in [-0.2, -0.15) is 0 Å². The standard InChI is InChI=1S/C16H17ClO2/c17-14-13(11-7-3-1-4-8-11)16(18)19-15(14)12-9-5-2-6-10-12/h1,3-4,7-8,12,15H,2,5-6,9-10H2. The Hall–Kier alpha value is -1.28. The van der Waals surface area contributed by atoms with Gasteiger partial charge in [0.25, 0.3) is 0 Å². The molecule has 1 aliphatic carbocycles. The van der Waals surface area contributed by atoms with Crippen molar-refractivity contribution in [2.24, 2.45) is 5.92 Å². The number of halogens is 1. The maximum absolute atomic E-state index is 12.1. The molecule has 0 spiro atoms. The Morgan fingerprint density at radius 1 is 1.05 bits per heavy atom. The Morgan fingerprint density at radius 2 is 1.74 bits per heavy atom. The summed E-state index contributed by atoms with van der Waals surface area (Å²) >= 11 is 6.44. The van der Waals surface area contributed by atoms with Crippen LogP contribution >= 0.6 is 11.6 Å². The third kappa shape index (κ3) is 2.42. The van der Waals surface area contributed by atoms with Crippen molar-refractivity contribution in [1.29, 1.82) is 0 Å². The van der Waals surface area contributed by atoms with Gasteiger partial charge in [-0.15, -0.1) is 0 Å². The van der Waals surface area contributed by atoms with E-state index in [1.807, 2.05) is 30.3 Å². The van der Waals surface area contributed by atoms with E-state index in [4.69, 9.17) is 16.3 Å². The lowest BCUT2D eigenvalue weighted by Crippen LogP contribution is -2.24. The van der Waals surface area contributed by atoms with E-state index in [1.165, 1.54) is 19.3 Å². The number of ether oxygens (including phenoxy) is 1. The molecule has 1 aromatic rings. The van der Waals surface area contributed by atoms with E-state index < -0.39 is 0 Å². The number of cyclic esters (lactones) is 1. The third-order valence-electron chi connectivity index (χ3n) is 4.07. The Kier molecular flexibility index (Phi) is 3.61. The molecule has 0 N–H and O–H groups in total. The van der Waals surface area contributed by atoms with Crippen molar-refractivity contribution >= 4 is 23.1 Å². The molecule has 0 bridgehead atoms. The zero-order valence-electron chi connectivity index (χ0n) is 10.8. The van der Waals surface area contributed by atoms with Gasteiger partial charge in [-0.25, -0.2) is 4.79 Å². The van der Waals surface area contributed by atoms with E-state index in [2.05, 4.69) is 0 Å². The number of carbonyl (C=O) groups is 1. The molecule has 1 saturated carbocycles. The van der Waals surface area contributed by atoms with Crippen molar-refractivity contribution in [3.8, 4) is 0 Å². The summed E-state index contributed by atoms with van der Waals surface area (Å²) in [5.41, 5.74) is 1.41. The summed E-state index contributed by atoms with van der Waals surface area (Å²) in [6.07, 6.45) is 5.70. The molecule has 2 nitrogen and oxygen atoms in total. The van der Waals surface area contributed by atoms with E-state index in [-0.39, 0.29) is 12.1 Å². The van der Waals surface area contributed by atoms with Gasteiger partial charge in [-0.05, 0) is 18.4 Å². The summed E-state index contributed by atoms with van der Waals surface area (Å²) < 4.78 is 5.54. The Bertz CT molecular complexity index is 501. The fraction of sp³-hybridized carbons (Fsp3) is 0.438. The Balaban J connectivity index is 1.90. The minimum atomic E-state index is -0.272. The number of hydrogen-bond donors (Lipinski definition) is 0. The SMILES string of the molecule is O=C1OC(C2CCCCC2)C(Cl)=C1c1ccccc1. The monoisotopic (exact) mass is 276 g/mol. The topological polar surface area (TPSA) is 26.3 Å². The van der Waals surface area contributed by atoms with Crippen molar-refractivity contribution in [2.75, 3.05) is 0 Å². The maximum Gasteiger partial charge on any atom is 0.340 e. The van der Waals surface area contributed by atoms with Gasteiger partial charge in [-0.3, -0.25) is 0 Å². The largest absolute Gasteiger partial charge is 0.453 e. The first kappa shape index (κ1) is 12.7. The van der Waals surface area contributed by atoms with Crippen LogP contribution in [0.25, 0.3) is 5.57 Å². The lowest BCUT2D eigenvalue weighted by Gasteiger charge is -2.26. The van der Waals surface area contributed by atoms with Crippen LogP contribution in [0.3, 0.4) is 0 Å². The smallest absolute Gasteiger partial charge is 0.340 e. The number of carbonyl (C=O) groups excluding carboxylic acids is 1. The van der Waals surface area contributed by atoms with E-state index in [0.717, 1.165) is 18.4 Å². The van der Waals surface area contributed by atoms with Gasteiger partial charge in [0.15, 0.2) is 0 Å². The van der Waals surface area contributed by atoms with Crippen LogP contribution in [0.1, 0.15) is 37.7 Å². The van der Waals surface area contributed by atoms with Crippen molar-refractivity contribution < 1.29 is 9.53 Å². The highest BCUT2D eigenvalue weighted by Gasteiger charge is 2.38. The lowest BCUT2D eigenvalue weighted by atomic mass is 9.85. The summed E-state index contributed by atoms with van der Waals surface area (Å²) in [7, 11) is 0. The van der Waals surface area contributed by atoms with E-state index in [1.54, 1.807) is 0 Å². The van der Waals surface area contributed by atoms with Crippen molar-refractivity contribution in [3.05, 3.63) is 40.9 Å². The Labute approximate surface area is 118 Å². The van der Waals surface area contributed by atoms with E-state index in [9.17, 15) is 4.79 Å². The molecule has 19 heavy (non-hydrogen) atoms. The minimum absolute atomic E-state index is 0.218. The van der Waals surface area contributed by atoms with Crippen LogP contribution in [-0.2, 0) is 9.53 Å². The van der Waals surface area contributed by atoms with Crippen LogP contribution in [-0.4, -0.2) is 12.1 Å². The van der Waals surface area contributed by atoms with Gasteiger partial charge in [0, 0.05) is 5.92 Å². The average molecular weight is 277 g/mol. The second-order valence-electron chi connectivity index (χ2n) is 5.31. The van der Waals surface area contributed by atoms with Crippen LogP contribution in [0.15, 0.2) is 35.4 Å². The molecule has 1 atom stereocenters. The molecule has 1 aromatic carbocycles. The molecule has 100 valence electrons. The van der Waals surface area contributed by atoms with Crippen LogP contribution in [0.5, 0.6) is 0 Å². The molecule has 2 aliphatic rings. The van der Waals surface area contributed by atoms with Gasteiger partial charge in [-0.1, -0.05) is 61.2 Å². The molecule has 1 unspecified atom stereocenters. The molecule has 0 aromatic heterocycles. The summed E-state index contributed by atoms with van der Waals surface area (Å²) in [6, 6.07) is 9.56. The van der Waals surface area contributed by atoms with Crippen LogP contribution < -0.4 is 0 Å². The van der Waals surface area contributed by atoms with Gasteiger partial charge >= 0.3 is 5.97 Å². The minimum Gasteiger partial charge on any atom is -0.453 e. The van der Waals surface area contributed by atoms with Gasteiger partial charge < -0.3 is 4.74 Å². The van der Waals surface area contributed by atoms with Gasteiger partial charge in [0.2, 0.25) is 0 Å². The second-order valence-corrected chi connectivity index (χ2v) is 5.72. The molecule has 0 radical (unpaired) electrons. The van der Waals surface area contributed by atoms with E-state index >= 15 is 0 Å². The zero-order valence-corrected chi connectivity index (χ0v) is 11.5. The molecule has 0 amide bonds. The number of benzene rings is 1. The first-order chi connectivity index (χ1) is 9.27. The zero-order chi connectivity index (χ0) is 13.2. The summed E-state index contributed by atoms with van der Waals surface area (Å²) in [6.45, 7) is 0. The summed E-state index contributed by atoms with van der Waals surface area (Å²) in [4.78, 5) is 12.1. The first-order valence-corrected chi connectivity index (χ1v) is 7.31. The van der Waals surface area contributed by atoms with Crippen LogP contribution in [0, 0.1) is 5.92 Å². The van der Waals surface area contributed by atoms with Crippen molar-refractivity contribution in [2.45, 2.75) is 38.2 Å². The predicted octanol–water partition coefficient (Wildman–Crippen LogP) is 4.14. The highest BCUT2D eigenvalue weighted by atomic mass is 35.5. The number of hydrogen-bond acceptors (Lipinski definition) is 2. The quantitative estimate of drug-likeness (QED) is 0.759. The van der Waals surface area contributed by atoms with Crippen LogP contribution in [0.4, 0.5) is 0 Å². The highest BCUT2D eigenvalue weighted by molar-refractivity contribution is 6.40. The Morgan fingerprint density at radius 3 is 2.42 bits per heavy atom. The third-order valence-corrected chi connectivity index (χ3v) is 4.47. The summed E-state index contributed by atoms with van der Waals surface area (Å²) in [5, 5.41) is 0.600. The van der Waals surface area contributed by atoms with Crippen LogP contribution in [0.2, 0.25) is 0 Å². The molecular formula is C16H17ClO2. The molecule has 1 aliphatic heterocycles. The number of rotatable bonds is 2. The van der Waals surface area contributed by atoms with Gasteiger partial charge in [0.1, 0.15) is 6.10 Å². The molecule has 1 heterocycles. The van der Waals surface area contributed by atoms with Crippen molar-refractivity contribution in [3.63, 3.8) is 0 Å². The maximum atomic E-state index is 12.1. The fourth-order valence-corrected chi connectivity index (χ4v) is 3.48.